The molecule has 0 amide bonds. The summed E-state index contributed by atoms with van der Waals surface area (Å²) in [6.45, 7) is 3.05. The van der Waals surface area contributed by atoms with Gasteiger partial charge in [0.25, 0.3) is 5.78 Å². The number of carbonyl (C=O) groups is 3. The number of hydrogen-bond acceptors (Lipinski definition) is 5. The molecule has 1 aromatic heterocycles. The van der Waals surface area contributed by atoms with Gasteiger partial charge in [-0.05, 0) is 13.8 Å². The lowest BCUT2D eigenvalue weighted by atomic mass is 9.96. The van der Waals surface area contributed by atoms with Gasteiger partial charge in [-0.1, -0.05) is 0 Å². The molecule has 17 heavy (non-hydrogen) atoms. The van der Waals surface area contributed by atoms with Crippen molar-refractivity contribution in [3.05, 3.63) is 17.5 Å². The van der Waals surface area contributed by atoms with Crippen LogP contribution in [0.15, 0.2) is 6.20 Å². The van der Waals surface area contributed by atoms with Gasteiger partial charge >= 0.3 is 5.97 Å². The molecule has 0 spiro atoms. The number of aryl methyl sites for hydroxylation is 2. The number of nitrogens with zero attached hydrogens (tertiary/aromatic N) is 2. The number of carbonyl (C=O) groups excluding carboxylic acids is 3. The Kier molecular flexibility index (Phi) is 3.77. The molecule has 0 bridgehead atoms. The van der Waals surface area contributed by atoms with Crippen LogP contribution in [0.1, 0.15) is 23.0 Å². The van der Waals surface area contributed by atoms with Crippen molar-refractivity contribution in [1.82, 2.24) is 9.78 Å². The van der Waals surface area contributed by atoms with Crippen LogP contribution in [0.25, 0.3) is 0 Å². The molecule has 0 N–H and O–H groups in total. The van der Waals surface area contributed by atoms with Crippen LogP contribution >= 0.6 is 0 Å². The first-order chi connectivity index (χ1) is 7.88. The van der Waals surface area contributed by atoms with Gasteiger partial charge in [-0.25, -0.2) is 4.79 Å². The summed E-state index contributed by atoms with van der Waals surface area (Å²) in [6, 6.07) is 0. The lowest BCUT2D eigenvalue weighted by molar-refractivity contribution is -0.152. The molecule has 1 heterocycles. The van der Waals surface area contributed by atoms with Crippen molar-refractivity contribution in [2.24, 2.45) is 13.0 Å². The van der Waals surface area contributed by atoms with Gasteiger partial charge in [0.1, 0.15) is 0 Å². The third-order valence-electron chi connectivity index (χ3n) is 2.45. The average Bonchev–Trinajstić information content (AvgIpc) is 2.64. The lowest BCUT2D eigenvalue weighted by Crippen LogP contribution is -2.29. The van der Waals surface area contributed by atoms with Crippen LogP contribution in [0, 0.1) is 12.8 Å². The Morgan fingerprint density at radius 2 is 2.00 bits per heavy atom. The quantitative estimate of drug-likeness (QED) is 0.326. The van der Waals surface area contributed by atoms with Crippen LogP contribution in [0.5, 0.6) is 0 Å². The monoisotopic (exact) mass is 238 g/mol. The largest absolute Gasteiger partial charge is 0.463 e. The number of hydrogen-bond donors (Lipinski definition) is 0. The minimum atomic E-state index is -1.05. The van der Waals surface area contributed by atoms with Crippen molar-refractivity contribution in [1.29, 1.82) is 0 Å². The molecule has 1 unspecified atom stereocenters. The molecular weight excluding hydrogens is 224 g/mol. The number of esters is 1. The van der Waals surface area contributed by atoms with Crippen LogP contribution < -0.4 is 0 Å². The van der Waals surface area contributed by atoms with Gasteiger partial charge in [0.05, 0.1) is 24.3 Å². The SMILES string of the molecule is COC(=O)C(=O)C(C)C(=O)c1cn(C)nc1C. The fourth-order valence-electron chi connectivity index (χ4n) is 1.47. The first-order valence-electron chi connectivity index (χ1n) is 5.05. The number of ether oxygens (including phenoxy) is 1. The second-order valence-corrected chi connectivity index (χ2v) is 3.74. The highest BCUT2D eigenvalue weighted by atomic mass is 16.5. The zero-order valence-corrected chi connectivity index (χ0v) is 10.2. The zero-order chi connectivity index (χ0) is 13.2. The van der Waals surface area contributed by atoms with E-state index in [9.17, 15) is 14.4 Å². The summed E-state index contributed by atoms with van der Waals surface area (Å²) in [5.74, 6) is -3.33. The van der Waals surface area contributed by atoms with Crippen molar-refractivity contribution in [3.8, 4) is 0 Å². The summed E-state index contributed by atoms with van der Waals surface area (Å²) in [7, 11) is 2.78. The second-order valence-electron chi connectivity index (χ2n) is 3.74. The van der Waals surface area contributed by atoms with Crippen molar-refractivity contribution in [3.63, 3.8) is 0 Å². The van der Waals surface area contributed by atoms with Gasteiger partial charge in [-0.15, -0.1) is 0 Å². The molecular formula is C11H14N2O4. The maximum atomic E-state index is 12.0. The summed E-state index contributed by atoms with van der Waals surface area (Å²) < 4.78 is 5.78. The molecule has 6 nitrogen and oxygen atoms in total. The average molecular weight is 238 g/mol. The number of rotatable bonds is 4. The Labute approximate surface area is 98.6 Å². The second kappa shape index (κ2) is 4.90. The summed E-state index contributed by atoms with van der Waals surface area (Å²) in [5, 5.41) is 4.01. The highest BCUT2D eigenvalue weighted by Crippen LogP contribution is 2.13. The lowest BCUT2D eigenvalue weighted by Gasteiger charge is -2.06. The molecule has 0 saturated heterocycles. The Hall–Kier alpha value is -1.98. The van der Waals surface area contributed by atoms with Crippen LogP contribution in [-0.4, -0.2) is 34.4 Å². The number of aromatic nitrogens is 2. The highest BCUT2D eigenvalue weighted by molar-refractivity contribution is 6.39. The standard InChI is InChI=1S/C11H14N2O4/c1-6(10(15)11(16)17-4)9(14)8-5-13(3)12-7(8)2/h5-6H,1-4H3. The van der Waals surface area contributed by atoms with E-state index in [1.54, 1.807) is 14.0 Å². The van der Waals surface area contributed by atoms with E-state index in [1.807, 2.05) is 0 Å². The summed E-state index contributed by atoms with van der Waals surface area (Å²) in [6.07, 6.45) is 1.53. The summed E-state index contributed by atoms with van der Waals surface area (Å²) >= 11 is 0. The molecule has 0 aromatic carbocycles. The van der Waals surface area contributed by atoms with E-state index in [0.29, 0.717) is 11.3 Å². The van der Waals surface area contributed by atoms with Crippen LogP contribution in [0.3, 0.4) is 0 Å². The molecule has 0 aliphatic rings. The molecule has 1 aromatic rings. The third kappa shape index (κ3) is 2.58. The van der Waals surface area contributed by atoms with Gasteiger partial charge in [-0.3, -0.25) is 14.3 Å². The molecule has 0 saturated carbocycles. The molecule has 92 valence electrons. The normalized spacial score (nSPS) is 12.0. The molecule has 1 rings (SSSR count). The smallest absolute Gasteiger partial charge is 0.375 e. The minimum absolute atomic E-state index is 0.345. The summed E-state index contributed by atoms with van der Waals surface area (Å²) in [5.41, 5.74) is 0.874. The van der Waals surface area contributed by atoms with Gasteiger partial charge in [-0.2, -0.15) is 5.10 Å². The van der Waals surface area contributed by atoms with Crippen LogP contribution in [-0.2, 0) is 21.4 Å². The van der Waals surface area contributed by atoms with Gasteiger partial charge in [0.15, 0.2) is 5.78 Å². The minimum Gasteiger partial charge on any atom is -0.463 e. The first-order valence-corrected chi connectivity index (χ1v) is 5.05. The number of ketones is 2. The van der Waals surface area contributed by atoms with Crippen molar-refractivity contribution in [2.45, 2.75) is 13.8 Å². The maximum absolute atomic E-state index is 12.0. The van der Waals surface area contributed by atoms with Gasteiger partial charge < -0.3 is 4.74 Å². The van der Waals surface area contributed by atoms with Gasteiger partial charge in [0, 0.05) is 13.2 Å². The molecule has 0 radical (unpaired) electrons. The zero-order valence-electron chi connectivity index (χ0n) is 10.2. The molecule has 6 heteroatoms. The van der Waals surface area contributed by atoms with Crippen molar-refractivity contribution >= 4 is 17.5 Å². The summed E-state index contributed by atoms with van der Waals surface area (Å²) in [4.78, 5) is 34.5. The fourth-order valence-corrected chi connectivity index (χ4v) is 1.47. The van der Waals surface area contributed by atoms with Crippen molar-refractivity contribution < 1.29 is 19.1 Å². The van der Waals surface area contributed by atoms with E-state index in [2.05, 4.69) is 9.84 Å². The Morgan fingerprint density at radius 3 is 2.41 bits per heavy atom. The topological polar surface area (TPSA) is 78.3 Å². The van der Waals surface area contributed by atoms with E-state index in [1.165, 1.54) is 17.8 Å². The molecule has 0 fully saturated rings. The van der Waals surface area contributed by atoms with E-state index < -0.39 is 23.5 Å². The van der Waals surface area contributed by atoms with Crippen LogP contribution in [0.4, 0.5) is 0 Å². The van der Waals surface area contributed by atoms with E-state index in [-0.39, 0.29) is 0 Å². The first kappa shape index (κ1) is 13.1. The van der Waals surface area contributed by atoms with E-state index >= 15 is 0 Å². The maximum Gasteiger partial charge on any atom is 0.375 e. The number of Topliss-reactive ketones (excluding diaryl/α,β-unsaturated/α-hetero) is 2. The fraction of sp³-hybridized carbons (Fsp3) is 0.455. The third-order valence-corrected chi connectivity index (χ3v) is 2.45. The van der Waals surface area contributed by atoms with E-state index in [0.717, 1.165) is 7.11 Å². The predicted molar refractivity (Wildman–Crippen MR) is 58.5 cm³/mol. The Balaban J connectivity index is 2.94. The van der Waals surface area contributed by atoms with E-state index in [4.69, 9.17) is 0 Å². The van der Waals surface area contributed by atoms with Crippen LogP contribution in [0.2, 0.25) is 0 Å². The highest BCUT2D eigenvalue weighted by Gasteiger charge is 2.30. The Bertz CT molecular complexity index is 476. The molecule has 0 aliphatic carbocycles. The van der Waals surface area contributed by atoms with Gasteiger partial charge in [0.2, 0.25) is 0 Å². The Morgan fingerprint density at radius 1 is 1.41 bits per heavy atom. The number of methoxy groups -OCH3 is 1. The molecule has 1 atom stereocenters. The molecule has 0 aliphatic heterocycles. The predicted octanol–water partition coefficient (Wildman–Crippen LogP) is 0.289. The van der Waals surface area contributed by atoms with Crippen molar-refractivity contribution in [2.75, 3.05) is 7.11 Å².